The van der Waals surface area contributed by atoms with E-state index in [0.29, 0.717) is 12.1 Å². The fraction of sp³-hybridized carbons (Fsp3) is 0.211. The highest BCUT2D eigenvalue weighted by Crippen LogP contribution is 2.31. The summed E-state index contributed by atoms with van der Waals surface area (Å²) in [4.78, 5) is 25.3. The minimum Gasteiger partial charge on any atom is -0.386 e. The lowest BCUT2D eigenvalue weighted by Crippen LogP contribution is -2.30. The molecule has 0 amide bonds. The molecule has 0 bridgehead atoms. The van der Waals surface area contributed by atoms with E-state index in [0.717, 1.165) is 36.5 Å². The third-order valence-corrected chi connectivity index (χ3v) is 5.54. The van der Waals surface area contributed by atoms with Crippen molar-refractivity contribution in [1.29, 1.82) is 0 Å². The molecule has 3 aromatic rings. The van der Waals surface area contributed by atoms with Gasteiger partial charge in [-0.05, 0) is 49.1 Å². The second kappa shape index (κ2) is 7.53. The molecule has 0 atom stereocenters. The van der Waals surface area contributed by atoms with Gasteiger partial charge in [-0.15, -0.1) is 0 Å². The number of aromatic amines is 1. The zero-order valence-electron chi connectivity index (χ0n) is 14.7. The van der Waals surface area contributed by atoms with Gasteiger partial charge in [0, 0.05) is 8.95 Å². The molecule has 6 nitrogen and oxygen atoms in total. The van der Waals surface area contributed by atoms with Gasteiger partial charge in [-0.2, -0.15) is 9.78 Å². The average Bonchev–Trinajstić information content (AvgIpc) is 2.57. The van der Waals surface area contributed by atoms with E-state index < -0.39 is 16.9 Å². The summed E-state index contributed by atoms with van der Waals surface area (Å²) in [6.07, 6.45) is 1.71. The number of hydrogen-bond donors (Lipinski definition) is 2. The first kappa shape index (κ1) is 19.7. The zero-order chi connectivity index (χ0) is 19.8. The third-order valence-electron chi connectivity index (χ3n) is 4.12. The monoisotopic (exact) mass is 493 g/mol. The minimum atomic E-state index is -0.877. The summed E-state index contributed by atoms with van der Waals surface area (Å²) in [5, 5.41) is 13.9. The van der Waals surface area contributed by atoms with Gasteiger partial charge in [-0.1, -0.05) is 56.1 Å². The Balaban J connectivity index is 1.94. The van der Waals surface area contributed by atoms with Crippen LogP contribution >= 0.6 is 31.9 Å². The lowest BCUT2D eigenvalue weighted by molar-refractivity contribution is 0.0786. The summed E-state index contributed by atoms with van der Waals surface area (Å²) in [6, 6.07) is 11.3. The van der Waals surface area contributed by atoms with Gasteiger partial charge >= 0.3 is 5.69 Å². The van der Waals surface area contributed by atoms with Gasteiger partial charge in [0.05, 0.1) is 11.3 Å². The maximum absolute atomic E-state index is 11.9. The number of benzene rings is 2. The molecule has 0 saturated carbocycles. The number of rotatable bonds is 4. The van der Waals surface area contributed by atoms with Crippen LogP contribution in [0.2, 0.25) is 0 Å². The van der Waals surface area contributed by atoms with Crippen LogP contribution in [0.3, 0.4) is 0 Å². The van der Waals surface area contributed by atoms with Crippen LogP contribution in [-0.4, -0.2) is 19.9 Å². The summed E-state index contributed by atoms with van der Waals surface area (Å²) in [5.41, 5.74) is 1.44. The van der Waals surface area contributed by atoms with Gasteiger partial charge in [0.2, 0.25) is 0 Å². The van der Waals surface area contributed by atoms with Crippen molar-refractivity contribution in [2.75, 3.05) is 0 Å². The van der Waals surface area contributed by atoms with Crippen molar-refractivity contribution < 1.29 is 5.11 Å². The molecule has 27 heavy (non-hydrogen) atoms. The Labute approximate surface area is 172 Å². The molecular formula is C19H17Br2N3O3. The quantitative estimate of drug-likeness (QED) is 0.582. The van der Waals surface area contributed by atoms with Crippen LogP contribution in [0, 0.1) is 0 Å². The number of hydrogen-bond acceptors (Lipinski definition) is 4. The smallest absolute Gasteiger partial charge is 0.349 e. The molecule has 140 valence electrons. The Hall–Kier alpha value is -2.03. The van der Waals surface area contributed by atoms with Gasteiger partial charge in [0.1, 0.15) is 6.20 Å². The molecule has 0 radical (unpaired) electrons. The molecule has 8 heteroatoms. The average molecular weight is 495 g/mol. The second-order valence-corrected chi connectivity index (χ2v) is 8.38. The number of aromatic nitrogens is 3. The minimum absolute atomic E-state index is 0.524. The zero-order valence-corrected chi connectivity index (χ0v) is 17.8. The van der Waals surface area contributed by atoms with Crippen LogP contribution < -0.4 is 11.2 Å². The van der Waals surface area contributed by atoms with E-state index in [9.17, 15) is 14.7 Å². The van der Waals surface area contributed by atoms with Crippen LogP contribution in [0.25, 0.3) is 5.69 Å². The Morgan fingerprint density at radius 3 is 2.22 bits per heavy atom. The highest BCUT2D eigenvalue weighted by atomic mass is 79.9. The van der Waals surface area contributed by atoms with Crippen molar-refractivity contribution in [3.05, 3.63) is 89.1 Å². The molecule has 0 fully saturated rings. The normalized spacial score (nSPS) is 11.6. The van der Waals surface area contributed by atoms with Crippen LogP contribution in [0.5, 0.6) is 0 Å². The number of nitrogens with zero attached hydrogens (tertiary/aromatic N) is 2. The first-order chi connectivity index (χ1) is 12.6. The van der Waals surface area contributed by atoms with E-state index in [-0.39, 0.29) is 0 Å². The lowest BCUT2D eigenvalue weighted by Gasteiger charge is -2.18. The van der Waals surface area contributed by atoms with Crippen molar-refractivity contribution in [1.82, 2.24) is 14.8 Å². The Morgan fingerprint density at radius 1 is 1.11 bits per heavy atom. The highest BCUT2D eigenvalue weighted by Gasteiger charge is 2.16. The van der Waals surface area contributed by atoms with Crippen molar-refractivity contribution in [3.8, 4) is 5.69 Å². The number of halogens is 2. The molecular weight excluding hydrogens is 478 g/mol. The number of nitrogens with one attached hydrogen (secondary N) is 1. The van der Waals surface area contributed by atoms with E-state index in [4.69, 9.17) is 0 Å². The van der Waals surface area contributed by atoms with Crippen LogP contribution in [0.15, 0.2) is 61.1 Å². The molecule has 0 aliphatic heterocycles. The predicted molar refractivity (Wildman–Crippen MR) is 110 cm³/mol. The summed E-state index contributed by atoms with van der Waals surface area (Å²) in [6.45, 7) is 3.50. The SMILES string of the molecule is CC(C)(O)c1ccc(Cc2c(Br)cc(-n3ncc(=O)[nH]c3=O)cc2Br)cc1. The van der Waals surface area contributed by atoms with Gasteiger partial charge in [-0.25, -0.2) is 4.79 Å². The standard InChI is InChI=1S/C19H17Br2N3O3/c1-19(2,27)12-5-3-11(4-6-12)7-14-15(20)8-13(9-16(14)21)24-18(26)23-17(25)10-22-24/h3-6,8-10,27H,7H2,1-2H3,(H,23,25,26). The highest BCUT2D eigenvalue weighted by molar-refractivity contribution is 9.11. The fourth-order valence-corrected chi connectivity index (χ4v) is 4.10. The molecule has 0 unspecified atom stereocenters. The second-order valence-electron chi connectivity index (χ2n) is 6.67. The summed E-state index contributed by atoms with van der Waals surface area (Å²) in [5.74, 6) is 0. The van der Waals surface area contributed by atoms with Crippen molar-refractivity contribution in [2.24, 2.45) is 0 Å². The molecule has 0 aliphatic rings. The molecule has 0 aliphatic carbocycles. The maximum Gasteiger partial charge on any atom is 0.349 e. The van der Waals surface area contributed by atoms with E-state index in [1.165, 1.54) is 0 Å². The Morgan fingerprint density at radius 2 is 1.70 bits per heavy atom. The van der Waals surface area contributed by atoms with E-state index in [1.807, 2.05) is 24.3 Å². The molecule has 0 spiro atoms. The molecule has 2 aromatic carbocycles. The first-order valence-electron chi connectivity index (χ1n) is 8.14. The van der Waals surface area contributed by atoms with Crippen LogP contribution in [0.4, 0.5) is 0 Å². The summed E-state index contributed by atoms with van der Waals surface area (Å²) >= 11 is 7.11. The van der Waals surface area contributed by atoms with Crippen molar-refractivity contribution >= 4 is 31.9 Å². The molecule has 2 N–H and O–H groups in total. The van der Waals surface area contributed by atoms with E-state index >= 15 is 0 Å². The van der Waals surface area contributed by atoms with Gasteiger partial charge in [0.25, 0.3) is 5.56 Å². The van der Waals surface area contributed by atoms with E-state index in [2.05, 4.69) is 41.9 Å². The largest absolute Gasteiger partial charge is 0.386 e. The predicted octanol–water partition coefficient (Wildman–Crippen LogP) is 3.26. The lowest BCUT2D eigenvalue weighted by atomic mass is 9.96. The van der Waals surface area contributed by atoms with Crippen molar-refractivity contribution in [3.63, 3.8) is 0 Å². The summed E-state index contributed by atoms with van der Waals surface area (Å²) in [7, 11) is 0. The van der Waals surface area contributed by atoms with Crippen LogP contribution in [0.1, 0.15) is 30.5 Å². The Kier molecular flexibility index (Phi) is 5.50. The van der Waals surface area contributed by atoms with Gasteiger partial charge in [-0.3, -0.25) is 9.78 Å². The van der Waals surface area contributed by atoms with Gasteiger partial charge < -0.3 is 5.11 Å². The van der Waals surface area contributed by atoms with E-state index in [1.54, 1.807) is 26.0 Å². The molecule has 0 saturated heterocycles. The topological polar surface area (TPSA) is 88.0 Å². The molecule has 1 heterocycles. The maximum atomic E-state index is 11.9. The van der Waals surface area contributed by atoms with Crippen LogP contribution in [-0.2, 0) is 12.0 Å². The fourth-order valence-electron chi connectivity index (χ4n) is 2.65. The summed E-state index contributed by atoms with van der Waals surface area (Å²) < 4.78 is 2.73. The number of H-pyrrole nitrogens is 1. The number of aliphatic hydroxyl groups is 1. The molecule has 3 rings (SSSR count). The Bertz CT molecular complexity index is 1070. The molecule has 1 aromatic heterocycles. The third kappa shape index (κ3) is 4.45. The van der Waals surface area contributed by atoms with Crippen molar-refractivity contribution in [2.45, 2.75) is 25.9 Å². The first-order valence-corrected chi connectivity index (χ1v) is 9.72. The van der Waals surface area contributed by atoms with Gasteiger partial charge in [0.15, 0.2) is 0 Å².